The zero-order valence-electron chi connectivity index (χ0n) is 21.0. The fourth-order valence-corrected chi connectivity index (χ4v) is 4.31. The van der Waals surface area contributed by atoms with E-state index >= 15 is 0 Å². The molecule has 1 saturated heterocycles. The third kappa shape index (κ3) is 6.61. The number of aromatic nitrogens is 2. The van der Waals surface area contributed by atoms with Crippen molar-refractivity contribution in [3.8, 4) is 11.4 Å². The van der Waals surface area contributed by atoms with Gasteiger partial charge in [-0.2, -0.15) is 0 Å². The van der Waals surface area contributed by atoms with Crippen molar-refractivity contribution in [1.29, 1.82) is 0 Å². The fourth-order valence-electron chi connectivity index (χ4n) is 4.31. The summed E-state index contributed by atoms with van der Waals surface area (Å²) in [5, 5.41) is 3.52. The Morgan fingerprint density at radius 1 is 1.21 bits per heavy atom. The summed E-state index contributed by atoms with van der Waals surface area (Å²) in [6.45, 7) is 12.1. The predicted molar refractivity (Wildman–Crippen MR) is 146 cm³/mol. The standard InChI is InChI=1S/C29H37N5/c1-7-22(20-34(5)6)24-10-8-11-25(17-24)29-32-19-27(26(18-30-4)16-21(2)3)28(33-29)23-12-9-14-31-15-13-23/h7-8,10-11,16-20,23,31H,1-2,9,12-15H2,3-6H3/b22-20+,26-16+,30-18?. The Balaban J connectivity index is 2.14. The third-order valence-corrected chi connectivity index (χ3v) is 5.83. The van der Waals surface area contributed by atoms with E-state index in [4.69, 9.17) is 9.97 Å². The molecule has 2 aromatic rings. The molecule has 0 amide bonds. The van der Waals surface area contributed by atoms with Gasteiger partial charge in [0.2, 0.25) is 0 Å². The second-order valence-corrected chi connectivity index (χ2v) is 9.04. The second kappa shape index (κ2) is 12.2. The first-order valence-electron chi connectivity index (χ1n) is 11.9. The SMILES string of the molecule is C=C/C(=C\N(C)C)c1cccc(-c2ncc(/C(C=NC)=C/C(=C)C)c(C3CCCNCC3)n2)c1. The lowest BCUT2D eigenvalue weighted by atomic mass is 9.90. The summed E-state index contributed by atoms with van der Waals surface area (Å²) < 4.78 is 0. The van der Waals surface area contributed by atoms with Gasteiger partial charge in [0.05, 0.1) is 5.69 Å². The van der Waals surface area contributed by atoms with Gasteiger partial charge in [0.1, 0.15) is 0 Å². The number of aliphatic imine (C=N–C) groups is 1. The molecule has 5 nitrogen and oxygen atoms in total. The predicted octanol–water partition coefficient (Wildman–Crippen LogP) is 5.75. The Morgan fingerprint density at radius 2 is 2.03 bits per heavy atom. The summed E-state index contributed by atoms with van der Waals surface area (Å²) in [6, 6.07) is 8.37. The number of allylic oxidation sites excluding steroid dienone is 5. The molecule has 0 bridgehead atoms. The summed E-state index contributed by atoms with van der Waals surface area (Å²) in [5.74, 6) is 1.11. The summed E-state index contributed by atoms with van der Waals surface area (Å²) in [5.41, 5.74) is 7.27. The molecular formula is C29H37N5. The van der Waals surface area contributed by atoms with Crippen LogP contribution in [-0.2, 0) is 0 Å². The van der Waals surface area contributed by atoms with E-state index in [1.54, 1.807) is 7.05 Å². The topological polar surface area (TPSA) is 53.4 Å². The molecule has 1 aliphatic heterocycles. The van der Waals surface area contributed by atoms with Crippen LogP contribution in [0.4, 0.5) is 0 Å². The van der Waals surface area contributed by atoms with Gasteiger partial charge in [0.25, 0.3) is 0 Å². The van der Waals surface area contributed by atoms with Crippen molar-refractivity contribution in [3.05, 3.63) is 84.4 Å². The van der Waals surface area contributed by atoms with E-state index in [1.165, 1.54) is 0 Å². The fraction of sp³-hybridized carbons (Fsp3) is 0.345. The van der Waals surface area contributed by atoms with Crippen molar-refractivity contribution in [2.24, 2.45) is 4.99 Å². The number of benzene rings is 1. The van der Waals surface area contributed by atoms with Crippen LogP contribution in [0.5, 0.6) is 0 Å². The highest BCUT2D eigenvalue weighted by Crippen LogP contribution is 2.32. The van der Waals surface area contributed by atoms with Crippen molar-refractivity contribution in [1.82, 2.24) is 20.2 Å². The molecule has 178 valence electrons. The Labute approximate surface area is 204 Å². The lowest BCUT2D eigenvalue weighted by Gasteiger charge is -2.19. The maximum Gasteiger partial charge on any atom is 0.159 e. The molecule has 0 radical (unpaired) electrons. The van der Waals surface area contributed by atoms with Gasteiger partial charge >= 0.3 is 0 Å². The maximum atomic E-state index is 5.18. The van der Waals surface area contributed by atoms with Gasteiger partial charge in [0.15, 0.2) is 5.82 Å². The molecule has 1 aromatic heterocycles. The molecule has 1 aliphatic rings. The minimum Gasteiger partial charge on any atom is -0.383 e. The van der Waals surface area contributed by atoms with E-state index in [1.807, 2.05) is 44.4 Å². The average Bonchev–Trinajstić information content (AvgIpc) is 3.11. The molecule has 0 spiro atoms. The zero-order valence-corrected chi connectivity index (χ0v) is 21.0. The van der Waals surface area contributed by atoms with Crippen LogP contribution in [0.3, 0.4) is 0 Å². The highest BCUT2D eigenvalue weighted by Gasteiger charge is 2.22. The summed E-state index contributed by atoms with van der Waals surface area (Å²) in [4.78, 5) is 16.3. The molecule has 1 unspecified atom stereocenters. The van der Waals surface area contributed by atoms with Gasteiger partial charge in [-0.3, -0.25) is 4.99 Å². The molecule has 1 atom stereocenters. The smallest absolute Gasteiger partial charge is 0.159 e. The van der Waals surface area contributed by atoms with E-state index in [2.05, 4.69) is 60.0 Å². The van der Waals surface area contributed by atoms with Crippen molar-refractivity contribution in [2.75, 3.05) is 34.2 Å². The lowest BCUT2D eigenvalue weighted by molar-refractivity contribution is 0.566. The van der Waals surface area contributed by atoms with Crippen molar-refractivity contribution in [2.45, 2.75) is 32.1 Å². The van der Waals surface area contributed by atoms with Crippen molar-refractivity contribution in [3.63, 3.8) is 0 Å². The Bertz CT molecular complexity index is 1100. The molecule has 1 N–H and O–H groups in total. The normalized spacial score (nSPS) is 17.5. The molecule has 0 saturated carbocycles. The van der Waals surface area contributed by atoms with Gasteiger partial charge in [-0.25, -0.2) is 9.97 Å². The van der Waals surface area contributed by atoms with Gasteiger partial charge in [-0.15, -0.1) is 0 Å². The molecule has 3 rings (SSSR count). The molecule has 34 heavy (non-hydrogen) atoms. The average molecular weight is 456 g/mol. The van der Waals surface area contributed by atoms with Crippen molar-refractivity contribution >= 4 is 17.4 Å². The van der Waals surface area contributed by atoms with E-state index < -0.39 is 0 Å². The summed E-state index contributed by atoms with van der Waals surface area (Å²) in [6.07, 6.45) is 13.2. The lowest BCUT2D eigenvalue weighted by Crippen LogP contribution is -2.14. The van der Waals surface area contributed by atoms with Gasteiger partial charge in [-0.1, -0.05) is 49.1 Å². The quantitative estimate of drug-likeness (QED) is 0.407. The van der Waals surface area contributed by atoms with Gasteiger partial charge in [-0.05, 0) is 56.5 Å². The van der Waals surface area contributed by atoms with Gasteiger partial charge in [0, 0.05) is 62.4 Å². The van der Waals surface area contributed by atoms with E-state index in [0.717, 1.165) is 77.3 Å². The minimum atomic E-state index is 0.367. The maximum absolute atomic E-state index is 5.18. The van der Waals surface area contributed by atoms with Crippen LogP contribution < -0.4 is 5.32 Å². The van der Waals surface area contributed by atoms with Gasteiger partial charge < -0.3 is 10.2 Å². The molecule has 1 aromatic carbocycles. The van der Waals surface area contributed by atoms with Crippen LogP contribution in [0.1, 0.15) is 48.9 Å². The summed E-state index contributed by atoms with van der Waals surface area (Å²) >= 11 is 0. The second-order valence-electron chi connectivity index (χ2n) is 9.04. The Morgan fingerprint density at radius 3 is 2.74 bits per heavy atom. The molecule has 1 fully saturated rings. The van der Waals surface area contributed by atoms with Crippen LogP contribution >= 0.6 is 0 Å². The van der Waals surface area contributed by atoms with E-state index in [0.29, 0.717) is 5.92 Å². The molecule has 2 heterocycles. The minimum absolute atomic E-state index is 0.367. The van der Waals surface area contributed by atoms with E-state index in [9.17, 15) is 0 Å². The first-order chi connectivity index (χ1) is 16.4. The van der Waals surface area contributed by atoms with Crippen LogP contribution in [0.25, 0.3) is 22.5 Å². The monoisotopic (exact) mass is 455 g/mol. The number of nitrogens with zero attached hydrogens (tertiary/aromatic N) is 4. The van der Waals surface area contributed by atoms with Crippen LogP contribution in [0, 0.1) is 0 Å². The first-order valence-corrected chi connectivity index (χ1v) is 11.9. The Hall–Kier alpha value is -3.31. The molecular weight excluding hydrogens is 418 g/mol. The summed E-state index contributed by atoms with van der Waals surface area (Å²) in [7, 11) is 5.82. The number of hydrogen-bond acceptors (Lipinski definition) is 5. The van der Waals surface area contributed by atoms with Crippen LogP contribution in [0.2, 0.25) is 0 Å². The first kappa shape index (κ1) is 25.3. The van der Waals surface area contributed by atoms with E-state index in [-0.39, 0.29) is 0 Å². The highest BCUT2D eigenvalue weighted by molar-refractivity contribution is 6.10. The number of hydrogen-bond donors (Lipinski definition) is 1. The highest BCUT2D eigenvalue weighted by atomic mass is 15.0. The third-order valence-electron chi connectivity index (χ3n) is 5.83. The number of nitrogens with one attached hydrogen (secondary N) is 1. The van der Waals surface area contributed by atoms with Crippen LogP contribution in [-0.4, -0.2) is 55.3 Å². The largest absolute Gasteiger partial charge is 0.383 e. The number of rotatable bonds is 8. The molecule has 0 aliphatic carbocycles. The zero-order chi connectivity index (χ0) is 24.5. The Kier molecular flexibility index (Phi) is 9.11. The molecule has 5 heteroatoms. The van der Waals surface area contributed by atoms with Crippen molar-refractivity contribution < 1.29 is 0 Å². The van der Waals surface area contributed by atoms with Crippen LogP contribution in [0.15, 0.2) is 72.5 Å².